The summed E-state index contributed by atoms with van der Waals surface area (Å²) >= 11 is 0. The lowest BCUT2D eigenvalue weighted by molar-refractivity contribution is 0.0941. The van der Waals surface area contributed by atoms with Crippen LogP contribution in [0.5, 0.6) is 11.5 Å². The Morgan fingerprint density at radius 1 is 1.08 bits per heavy atom. The molecule has 0 bridgehead atoms. The van der Waals surface area contributed by atoms with E-state index in [9.17, 15) is 4.79 Å². The number of methoxy groups -OCH3 is 2. The first-order valence-electron chi connectivity index (χ1n) is 8.03. The number of hydrogen-bond donors (Lipinski definition) is 1. The number of rotatable bonds is 6. The van der Waals surface area contributed by atoms with Crippen molar-refractivity contribution < 1.29 is 14.3 Å². The molecule has 7 heteroatoms. The monoisotopic (exact) mass is 352 g/mol. The number of pyridine rings is 1. The highest BCUT2D eigenvalue weighted by Crippen LogP contribution is 2.29. The molecule has 1 aromatic carbocycles. The van der Waals surface area contributed by atoms with Gasteiger partial charge in [0.1, 0.15) is 23.4 Å². The Morgan fingerprint density at radius 2 is 1.73 bits per heavy atom. The number of imidazole rings is 1. The van der Waals surface area contributed by atoms with Crippen molar-refractivity contribution in [3.63, 3.8) is 0 Å². The van der Waals surface area contributed by atoms with E-state index in [1.165, 1.54) is 0 Å². The average Bonchev–Trinajstić information content (AvgIpc) is 3.11. The maximum atomic E-state index is 12.7. The van der Waals surface area contributed by atoms with Crippen molar-refractivity contribution in [1.29, 1.82) is 0 Å². The molecule has 1 N–H and O–H groups in total. The standard InChI is InChI=1S/C19H20N4O3/c1-23-9-8-21-18(23)17(22-19(24)13-4-6-20-7-5-13)14-10-15(25-2)12-16(11-14)26-3/h4-12,17H,1-3H3,(H,22,24)/t17-/m1/s1. The second-order valence-electron chi connectivity index (χ2n) is 5.68. The number of amides is 1. The lowest BCUT2D eigenvalue weighted by Gasteiger charge is -2.20. The first kappa shape index (κ1) is 17.5. The Kier molecular flexibility index (Phi) is 5.17. The summed E-state index contributed by atoms with van der Waals surface area (Å²) in [5.74, 6) is 1.75. The molecule has 1 amide bonds. The molecule has 2 heterocycles. The van der Waals surface area contributed by atoms with E-state index in [1.807, 2.05) is 29.9 Å². The number of nitrogens with one attached hydrogen (secondary N) is 1. The van der Waals surface area contributed by atoms with Crippen molar-refractivity contribution in [2.45, 2.75) is 6.04 Å². The van der Waals surface area contributed by atoms with Crippen molar-refractivity contribution >= 4 is 5.91 Å². The third-order valence-corrected chi connectivity index (χ3v) is 4.04. The molecule has 0 saturated heterocycles. The van der Waals surface area contributed by atoms with E-state index in [2.05, 4.69) is 15.3 Å². The molecule has 1 atom stereocenters. The van der Waals surface area contributed by atoms with Crippen LogP contribution in [0.4, 0.5) is 0 Å². The third kappa shape index (κ3) is 3.66. The van der Waals surface area contributed by atoms with Crippen LogP contribution in [-0.4, -0.2) is 34.7 Å². The Bertz CT molecular complexity index is 871. The van der Waals surface area contributed by atoms with E-state index in [4.69, 9.17) is 9.47 Å². The Balaban J connectivity index is 2.02. The highest BCUT2D eigenvalue weighted by molar-refractivity contribution is 5.94. The molecule has 7 nitrogen and oxygen atoms in total. The topological polar surface area (TPSA) is 78.3 Å². The van der Waals surface area contributed by atoms with Crippen molar-refractivity contribution in [3.05, 3.63) is 72.1 Å². The van der Waals surface area contributed by atoms with Gasteiger partial charge in [0.2, 0.25) is 0 Å². The van der Waals surface area contributed by atoms with Gasteiger partial charge in [-0.15, -0.1) is 0 Å². The summed E-state index contributed by atoms with van der Waals surface area (Å²) in [6, 6.07) is 8.35. The summed E-state index contributed by atoms with van der Waals surface area (Å²) in [4.78, 5) is 21.1. The zero-order chi connectivity index (χ0) is 18.5. The predicted molar refractivity (Wildman–Crippen MR) is 96.3 cm³/mol. The van der Waals surface area contributed by atoms with Crippen LogP contribution in [0.15, 0.2) is 55.1 Å². The van der Waals surface area contributed by atoms with Gasteiger partial charge in [-0.25, -0.2) is 4.98 Å². The Labute approximate surface area is 151 Å². The summed E-state index contributed by atoms with van der Waals surface area (Å²) in [6.45, 7) is 0. The van der Waals surface area contributed by atoms with Crippen LogP contribution in [0.3, 0.4) is 0 Å². The number of ether oxygens (including phenoxy) is 2. The molecule has 2 aromatic heterocycles. The summed E-state index contributed by atoms with van der Waals surface area (Å²) in [5.41, 5.74) is 1.33. The highest BCUT2D eigenvalue weighted by Gasteiger charge is 2.23. The lowest BCUT2D eigenvalue weighted by atomic mass is 10.0. The van der Waals surface area contributed by atoms with E-state index in [0.717, 1.165) is 5.56 Å². The number of hydrogen-bond acceptors (Lipinski definition) is 5. The van der Waals surface area contributed by atoms with E-state index >= 15 is 0 Å². The van der Waals surface area contributed by atoms with Crippen LogP contribution in [0.2, 0.25) is 0 Å². The fraction of sp³-hybridized carbons (Fsp3) is 0.211. The van der Waals surface area contributed by atoms with Gasteiger partial charge in [-0.2, -0.15) is 0 Å². The average molecular weight is 352 g/mol. The molecule has 3 rings (SSSR count). The minimum atomic E-state index is -0.473. The number of nitrogens with zero attached hydrogens (tertiary/aromatic N) is 3. The number of carbonyl (C=O) groups excluding carboxylic acids is 1. The molecule has 0 fully saturated rings. The predicted octanol–water partition coefficient (Wildman–Crippen LogP) is 2.35. The molecule has 0 radical (unpaired) electrons. The molecular formula is C19H20N4O3. The van der Waals surface area contributed by atoms with Crippen LogP contribution < -0.4 is 14.8 Å². The van der Waals surface area contributed by atoms with Crippen LogP contribution in [-0.2, 0) is 7.05 Å². The second kappa shape index (κ2) is 7.69. The fourth-order valence-electron chi connectivity index (χ4n) is 2.67. The molecule has 26 heavy (non-hydrogen) atoms. The molecule has 0 saturated carbocycles. The maximum Gasteiger partial charge on any atom is 0.252 e. The lowest BCUT2D eigenvalue weighted by Crippen LogP contribution is -2.31. The highest BCUT2D eigenvalue weighted by atomic mass is 16.5. The van der Waals surface area contributed by atoms with Crippen molar-refractivity contribution in [2.24, 2.45) is 7.05 Å². The molecule has 0 aliphatic heterocycles. The van der Waals surface area contributed by atoms with E-state index in [-0.39, 0.29) is 5.91 Å². The minimum Gasteiger partial charge on any atom is -0.497 e. The van der Waals surface area contributed by atoms with Gasteiger partial charge in [0, 0.05) is 43.5 Å². The van der Waals surface area contributed by atoms with Gasteiger partial charge in [-0.05, 0) is 29.8 Å². The number of carbonyl (C=O) groups is 1. The molecule has 0 unspecified atom stereocenters. The zero-order valence-electron chi connectivity index (χ0n) is 14.8. The van der Waals surface area contributed by atoms with Crippen molar-refractivity contribution in [1.82, 2.24) is 19.9 Å². The van der Waals surface area contributed by atoms with Gasteiger partial charge in [0.25, 0.3) is 5.91 Å². The first-order valence-corrected chi connectivity index (χ1v) is 8.03. The Hall–Kier alpha value is -3.35. The van der Waals surface area contributed by atoms with Crippen LogP contribution in [0, 0.1) is 0 Å². The number of benzene rings is 1. The fourth-order valence-corrected chi connectivity index (χ4v) is 2.67. The summed E-state index contributed by atoms with van der Waals surface area (Å²) in [7, 11) is 5.05. The van der Waals surface area contributed by atoms with Crippen LogP contribution >= 0.6 is 0 Å². The summed E-state index contributed by atoms with van der Waals surface area (Å²) < 4.78 is 12.6. The van der Waals surface area contributed by atoms with E-state index in [1.54, 1.807) is 51.0 Å². The molecular weight excluding hydrogens is 332 g/mol. The van der Waals surface area contributed by atoms with Crippen LogP contribution in [0.25, 0.3) is 0 Å². The first-order chi connectivity index (χ1) is 12.6. The van der Waals surface area contributed by atoms with E-state index < -0.39 is 6.04 Å². The Morgan fingerprint density at radius 3 is 2.27 bits per heavy atom. The SMILES string of the molecule is COc1cc(OC)cc([C@@H](NC(=O)c2ccncc2)c2nccn2C)c1. The molecule has 0 aliphatic carbocycles. The van der Waals surface area contributed by atoms with Gasteiger partial charge >= 0.3 is 0 Å². The molecule has 134 valence electrons. The van der Waals surface area contributed by atoms with Gasteiger partial charge < -0.3 is 19.4 Å². The maximum absolute atomic E-state index is 12.7. The van der Waals surface area contributed by atoms with Gasteiger partial charge in [0.15, 0.2) is 0 Å². The van der Waals surface area contributed by atoms with E-state index in [0.29, 0.717) is 22.9 Å². The van der Waals surface area contributed by atoms with Crippen molar-refractivity contribution in [2.75, 3.05) is 14.2 Å². The smallest absolute Gasteiger partial charge is 0.252 e. The normalized spacial score (nSPS) is 11.7. The van der Waals surface area contributed by atoms with Gasteiger partial charge in [-0.3, -0.25) is 9.78 Å². The van der Waals surface area contributed by atoms with Crippen LogP contribution in [0.1, 0.15) is 27.8 Å². The summed E-state index contributed by atoms with van der Waals surface area (Å²) in [5, 5.41) is 3.03. The summed E-state index contributed by atoms with van der Waals surface area (Å²) in [6.07, 6.45) is 6.69. The van der Waals surface area contributed by atoms with Crippen molar-refractivity contribution in [3.8, 4) is 11.5 Å². The molecule has 3 aromatic rings. The largest absolute Gasteiger partial charge is 0.497 e. The molecule has 0 spiro atoms. The second-order valence-corrected chi connectivity index (χ2v) is 5.68. The quantitative estimate of drug-likeness (QED) is 0.737. The third-order valence-electron chi connectivity index (χ3n) is 4.04. The molecule has 0 aliphatic rings. The van der Waals surface area contributed by atoms with Gasteiger partial charge in [0.05, 0.1) is 14.2 Å². The van der Waals surface area contributed by atoms with Gasteiger partial charge in [-0.1, -0.05) is 0 Å². The zero-order valence-corrected chi connectivity index (χ0v) is 14.8. The number of aryl methyl sites for hydroxylation is 1. The minimum absolute atomic E-state index is 0.220. The number of aromatic nitrogens is 3.